The predicted octanol–water partition coefficient (Wildman–Crippen LogP) is 0.159. The Bertz CT molecular complexity index is 393. The number of ketones is 1. The van der Waals surface area contributed by atoms with Gasteiger partial charge in [0, 0.05) is 12.8 Å². The summed E-state index contributed by atoms with van der Waals surface area (Å²) >= 11 is 1.28. The number of hydrogen-bond acceptors (Lipinski definition) is 6. The quantitative estimate of drug-likeness (QED) is 0.644. The summed E-state index contributed by atoms with van der Waals surface area (Å²) in [5.74, 6) is 0.737. The molecule has 5 nitrogen and oxygen atoms in total. The SMILES string of the molecule is CC1OC2OC3=C(SC2C(O)C1O)C(=O)CC3. The Morgan fingerprint density at radius 3 is 2.82 bits per heavy atom. The Hall–Kier alpha value is -0.560. The minimum absolute atomic E-state index is 0.0590. The zero-order valence-corrected chi connectivity index (χ0v) is 10.1. The van der Waals surface area contributed by atoms with Crippen LogP contribution < -0.4 is 0 Å². The summed E-state index contributed by atoms with van der Waals surface area (Å²) in [6, 6.07) is 0. The lowest BCUT2D eigenvalue weighted by atomic mass is 10.0. The van der Waals surface area contributed by atoms with Crippen LogP contribution in [-0.2, 0) is 14.3 Å². The van der Waals surface area contributed by atoms with Crippen molar-refractivity contribution in [3.8, 4) is 0 Å². The second kappa shape index (κ2) is 3.98. The number of carbonyl (C=O) groups is 1. The molecule has 0 aromatic heterocycles. The van der Waals surface area contributed by atoms with E-state index in [9.17, 15) is 15.0 Å². The molecule has 6 heteroatoms. The third-order valence-electron chi connectivity index (χ3n) is 3.38. The molecule has 3 aliphatic rings. The van der Waals surface area contributed by atoms with Gasteiger partial charge in [0.25, 0.3) is 0 Å². The molecule has 0 spiro atoms. The maximum Gasteiger partial charge on any atom is 0.214 e. The van der Waals surface area contributed by atoms with Gasteiger partial charge in [-0.1, -0.05) is 0 Å². The molecule has 0 saturated carbocycles. The van der Waals surface area contributed by atoms with E-state index in [1.807, 2.05) is 0 Å². The van der Waals surface area contributed by atoms with Gasteiger partial charge in [-0.15, -0.1) is 11.8 Å². The number of ether oxygens (including phenoxy) is 2. The molecule has 1 saturated heterocycles. The Balaban J connectivity index is 1.87. The molecular weight excluding hydrogens is 244 g/mol. The van der Waals surface area contributed by atoms with E-state index in [-0.39, 0.29) is 5.78 Å². The highest BCUT2D eigenvalue weighted by Gasteiger charge is 2.49. The Morgan fingerprint density at radius 2 is 2.06 bits per heavy atom. The summed E-state index contributed by atoms with van der Waals surface area (Å²) < 4.78 is 11.1. The lowest BCUT2D eigenvalue weighted by molar-refractivity contribution is -0.230. The van der Waals surface area contributed by atoms with E-state index in [4.69, 9.17) is 9.47 Å². The summed E-state index contributed by atoms with van der Waals surface area (Å²) in [5.41, 5.74) is 0. The minimum Gasteiger partial charge on any atom is -0.467 e. The molecule has 0 amide bonds. The summed E-state index contributed by atoms with van der Waals surface area (Å²) in [7, 11) is 0. The fourth-order valence-corrected chi connectivity index (χ4v) is 3.67. The van der Waals surface area contributed by atoms with E-state index in [2.05, 4.69) is 0 Å². The topological polar surface area (TPSA) is 76.0 Å². The van der Waals surface area contributed by atoms with Gasteiger partial charge in [-0.3, -0.25) is 4.79 Å². The molecule has 0 bridgehead atoms. The van der Waals surface area contributed by atoms with Crippen molar-refractivity contribution < 1.29 is 24.5 Å². The Kier molecular flexibility index (Phi) is 2.70. The van der Waals surface area contributed by atoms with Crippen LogP contribution in [0.15, 0.2) is 10.7 Å². The van der Waals surface area contributed by atoms with Crippen LogP contribution in [0.5, 0.6) is 0 Å². The highest BCUT2D eigenvalue weighted by molar-refractivity contribution is 8.04. The lowest BCUT2D eigenvalue weighted by Crippen LogP contribution is -2.56. The van der Waals surface area contributed by atoms with Gasteiger partial charge in [-0.05, 0) is 6.92 Å². The van der Waals surface area contributed by atoms with Crippen molar-refractivity contribution in [2.24, 2.45) is 0 Å². The van der Waals surface area contributed by atoms with Gasteiger partial charge in [0.15, 0.2) is 5.78 Å². The number of allylic oxidation sites excluding steroid dienone is 2. The molecule has 17 heavy (non-hydrogen) atoms. The first-order chi connectivity index (χ1) is 8.08. The number of thioether (sulfide) groups is 1. The molecule has 5 unspecified atom stereocenters. The van der Waals surface area contributed by atoms with Crippen molar-refractivity contribution >= 4 is 17.5 Å². The van der Waals surface area contributed by atoms with Crippen LogP contribution in [0.2, 0.25) is 0 Å². The Morgan fingerprint density at radius 1 is 1.29 bits per heavy atom. The largest absolute Gasteiger partial charge is 0.467 e. The zero-order valence-electron chi connectivity index (χ0n) is 9.33. The number of aliphatic hydroxyl groups excluding tert-OH is 2. The summed E-state index contributed by atoms with van der Waals surface area (Å²) in [6.07, 6.45) is -1.84. The maximum absolute atomic E-state index is 11.6. The average Bonchev–Trinajstić information content (AvgIpc) is 2.66. The van der Waals surface area contributed by atoms with Gasteiger partial charge in [-0.25, -0.2) is 0 Å². The molecule has 94 valence electrons. The first kappa shape index (κ1) is 11.5. The van der Waals surface area contributed by atoms with Gasteiger partial charge < -0.3 is 19.7 Å². The summed E-state index contributed by atoms with van der Waals surface area (Å²) in [6.45, 7) is 1.70. The summed E-state index contributed by atoms with van der Waals surface area (Å²) in [5, 5.41) is 19.3. The van der Waals surface area contributed by atoms with Crippen LogP contribution in [0.1, 0.15) is 19.8 Å². The number of fused-ring (bicyclic) bond motifs is 1. The molecule has 2 aliphatic heterocycles. The van der Waals surface area contributed by atoms with Crippen molar-refractivity contribution in [3.05, 3.63) is 10.7 Å². The molecule has 1 fully saturated rings. The van der Waals surface area contributed by atoms with Crippen LogP contribution in [0.25, 0.3) is 0 Å². The van der Waals surface area contributed by atoms with Crippen LogP contribution in [0.4, 0.5) is 0 Å². The molecular formula is C11H14O5S. The van der Waals surface area contributed by atoms with Crippen molar-refractivity contribution in [1.29, 1.82) is 0 Å². The van der Waals surface area contributed by atoms with Crippen molar-refractivity contribution in [3.63, 3.8) is 0 Å². The molecule has 0 radical (unpaired) electrons. The highest BCUT2D eigenvalue weighted by Crippen LogP contribution is 2.45. The standard InChI is InChI=1S/C11H14O5S/c1-4-7(13)8(14)10-11(15-4)16-6-3-2-5(12)9(6)17-10/h4,7-8,10-11,13-14H,2-3H2,1H3. The third-order valence-corrected chi connectivity index (χ3v) is 4.85. The molecule has 0 aromatic carbocycles. The predicted molar refractivity (Wildman–Crippen MR) is 60.1 cm³/mol. The van der Waals surface area contributed by atoms with E-state index in [0.717, 1.165) is 0 Å². The van der Waals surface area contributed by atoms with Crippen LogP contribution >= 0.6 is 11.8 Å². The summed E-state index contributed by atoms with van der Waals surface area (Å²) in [4.78, 5) is 12.2. The van der Waals surface area contributed by atoms with Crippen LogP contribution in [0, 0.1) is 0 Å². The monoisotopic (exact) mass is 258 g/mol. The number of hydrogen-bond donors (Lipinski definition) is 2. The van der Waals surface area contributed by atoms with Crippen molar-refractivity contribution in [1.82, 2.24) is 0 Å². The number of Topliss-reactive ketones (excluding diaryl/α,β-unsaturated/α-hetero) is 1. The molecule has 2 N–H and O–H groups in total. The van der Waals surface area contributed by atoms with Crippen LogP contribution in [-0.4, -0.2) is 45.8 Å². The van der Waals surface area contributed by atoms with E-state index in [1.54, 1.807) is 6.92 Å². The number of aliphatic hydroxyl groups is 2. The van der Waals surface area contributed by atoms with E-state index < -0.39 is 29.9 Å². The van der Waals surface area contributed by atoms with Crippen molar-refractivity contribution in [2.45, 2.75) is 49.6 Å². The van der Waals surface area contributed by atoms with E-state index in [1.165, 1.54) is 11.8 Å². The van der Waals surface area contributed by atoms with Gasteiger partial charge in [0.2, 0.25) is 6.29 Å². The second-order valence-corrected chi connectivity index (χ2v) is 5.75. The molecule has 1 aliphatic carbocycles. The van der Waals surface area contributed by atoms with E-state index >= 15 is 0 Å². The molecule has 0 aromatic rings. The molecule has 2 heterocycles. The fourth-order valence-electron chi connectivity index (χ4n) is 2.35. The van der Waals surface area contributed by atoms with Gasteiger partial charge in [-0.2, -0.15) is 0 Å². The van der Waals surface area contributed by atoms with Gasteiger partial charge >= 0.3 is 0 Å². The Labute approximate surface area is 103 Å². The maximum atomic E-state index is 11.6. The van der Waals surface area contributed by atoms with E-state index in [0.29, 0.717) is 23.5 Å². The highest BCUT2D eigenvalue weighted by atomic mass is 32.2. The van der Waals surface area contributed by atoms with Crippen LogP contribution in [0.3, 0.4) is 0 Å². The van der Waals surface area contributed by atoms with Gasteiger partial charge in [0.1, 0.15) is 23.2 Å². The lowest BCUT2D eigenvalue weighted by Gasteiger charge is -2.43. The molecule has 5 atom stereocenters. The first-order valence-corrected chi connectivity index (χ1v) is 6.57. The van der Waals surface area contributed by atoms with Crippen molar-refractivity contribution in [2.75, 3.05) is 0 Å². The van der Waals surface area contributed by atoms with Gasteiger partial charge in [0.05, 0.1) is 11.0 Å². The first-order valence-electron chi connectivity index (χ1n) is 5.69. The number of rotatable bonds is 0. The smallest absolute Gasteiger partial charge is 0.214 e. The average molecular weight is 258 g/mol. The second-order valence-electron chi connectivity index (χ2n) is 4.57. The fraction of sp³-hybridized carbons (Fsp3) is 0.727. The minimum atomic E-state index is -0.939. The third kappa shape index (κ3) is 1.71. The number of carbonyl (C=O) groups excluding carboxylic acids is 1. The molecule has 3 rings (SSSR count). The zero-order chi connectivity index (χ0) is 12.2. The normalized spacial score (nSPS) is 45.4.